The molecule has 1 aromatic carbocycles. The Morgan fingerprint density at radius 1 is 1.25 bits per heavy atom. The number of rotatable bonds is 6. The molecule has 0 saturated heterocycles. The number of nitrogens with two attached hydrogens (primary N) is 1. The Morgan fingerprint density at radius 3 is 2.62 bits per heavy atom. The molecule has 0 bridgehead atoms. The summed E-state index contributed by atoms with van der Waals surface area (Å²) >= 11 is 11.9. The van der Waals surface area contributed by atoms with E-state index in [0.717, 1.165) is 43.1 Å². The first-order valence-electron chi connectivity index (χ1n) is 5.46. The molecule has 0 saturated carbocycles. The third-order valence-corrected chi connectivity index (χ3v) is 3.11. The quantitative estimate of drug-likeness (QED) is 0.853. The van der Waals surface area contributed by atoms with Gasteiger partial charge in [0, 0.05) is 16.6 Å². The van der Waals surface area contributed by atoms with Crippen molar-refractivity contribution in [3.8, 4) is 0 Å². The van der Waals surface area contributed by atoms with Gasteiger partial charge < -0.3 is 10.6 Å². The minimum atomic E-state index is 0.685. The standard InChI is InChI=1S/C12H18Cl2N2/c1-16(7-2-6-15)8-5-10-3-4-11(13)9-12(10)14/h3-4,9H,2,5-8,15H2,1H3. The monoisotopic (exact) mass is 260 g/mol. The molecule has 90 valence electrons. The highest BCUT2D eigenvalue weighted by molar-refractivity contribution is 6.35. The van der Waals surface area contributed by atoms with Crippen LogP contribution in [0.5, 0.6) is 0 Å². The maximum atomic E-state index is 6.09. The van der Waals surface area contributed by atoms with E-state index in [1.54, 1.807) is 6.07 Å². The number of nitrogens with zero attached hydrogens (tertiary/aromatic N) is 1. The Labute approximate surface area is 107 Å². The summed E-state index contributed by atoms with van der Waals surface area (Å²) in [6, 6.07) is 5.66. The van der Waals surface area contributed by atoms with E-state index in [2.05, 4.69) is 11.9 Å². The van der Waals surface area contributed by atoms with Gasteiger partial charge in [-0.05, 0) is 50.7 Å². The van der Waals surface area contributed by atoms with Gasteiger partial charge in [-0.2, -0.15) is 0 Å². The number of benzene rings is 1. The van der Waals surface area contributed by atoms with Crippen molar-refractivity contribution in [3.05, 3.63) is 33.8 Å². The first-order chi connectivity index (χ1) is 7.63. The molecule has 0 fully saturated rings. The van der Waals surface area contributed by atoms with Gasteiger partial charge in [0.05, 0.1) is 0 Å². The number of likely N-dealkylation sites (N-methyl/N-ethyl adjacent to an activating group) is 1. The Balaban J connectivity index is 2.42. The third-order valence-electron chi connectivity index (χ3n) is 2.52. The van der Waals surface area contributed by atoms with E-state index in [-0.39, 0.29) is 0 Å². The van der Waals surface area contributed by atoms with E-state index in [1.807, 2.05) is 12.1 Å². The van der Waals surface area contributed by atoms with Gasteiger partial charge >= 0.3 is 0 Å². The summed E-state index contributed by atoms with van der Waals surface area (Å²) in [5.74, 6) is 0. The van der Waals surface area contributed by atoms with Gasteiger partial charge in [-0.3, -0.25) is 0 Å². The maximum Gasteiger partial charge on any atom is 0.0453 e. The lowest BCUT2D eigenvalue weighted by Gasteiger charge is -2.16. The van der Waals surface area contributed by atoms with Crippen LogP contribution in [0.25, 0.3) is 0 Å². The lowest BCUT2D eigenvalue weighted by Crippen LogP contribution is -2.24. The van der Waals surface area contributed by atoms with Crippen LogP contribution in [0.3, 0.4) is 0 Å². The highest BCUT2D eigenvalue weighted by atomic mass is 35.5. The molecule has 0 radical (unpaired) electrons. The number of hydrogen-bond acceptors (Lipinski definition) is 2. The normalized spacial score (nSPS) is 11.1. The molecule has 4 heteroatoms. The lowest BCUT2D eigenvalue weighted by atomic mass is 10.1. The van der Waals surface area contributed by atoms with E-state index in [9.17, 15) is 0 Å². The van der Waals surface area contributed by atoms with Gasteiger partial charge in [-0.1, -0.05) is 29.3 Å². The molecule has 2 nitrogen and oxygen atoms in total. The molecule has 0 aliphatic carbocycles. The summed E-state index contributed by atoms with van der Waals surface area (Å²) in [5.41, 5.74) is 6.61. The molecule has 0 aliphatic rings. The zero-order valence-electron chi connectivity index (χ0n) is 9.55. The third kappa shape index (κ3) is 4.71. The van der Waals surface area contributed by atoms with Crippen molar-refractivity contribution in [2.75, 3.05) is 26.7 Å². The van der Waals surface area contributed by atoms with E-state index in [1.165, 1.54) is 0 Å². The van der Waals surface area contributed by atoms with Crippen LogP contribution in [0.4, 0.5) is 0 Å². The fourth-order valence-corrected chi connectivity index (χ4v) is 2.01. The van der Waals surface area contributed by atoms with Crippen molar-refractivity contribution in [2.45, 2.75) is 12.8 Å². The fraction of sp³-hybridized carbons (Fsp3) is 0.500. The van der Waals surface area contributed by atoms with Crippen molar-refractivity contribution in [1.29, 1.82) is 0 Å². The second-order valence-electron chi connectivity index (χ2n) is 3.93. The van der Waals surface area contributed by atoms with Gasteiger partial charge in [-0.15, -0.1) is 0 Å². The fourth-order valence-electron chi connectivity index (χ4n) is 1.51. The van der Waals surface area contributed by atoms with E-state index >= 15 is 0 Å². The minimum absolute atomic E-state index is 0.685. The average Bonchev–Trinajstić information content (AvgIpc) is 2.25. The smallest absolute Gasteiger partial charge is 0.0453 e. The summed E-state index contributed by atoms with van der Waals surface area (Å²) in [7, 11) is 2.10. The molecule has 0 heterocycles. The Kier molecular flexibility index (Phi) is 6.14. The summed E-state index contributed by atoms with van der Waals surface area (Å²) in [5, 5.41) is 1.44. The summed E-state index contributed by atoms with van der Waals surface area (Å²) in [4.78, 5) is 2.26. The van der Waals surface area contributed by atoms with Gasteiger partial charge in [0.25, 0.3) is 0 Å². The Bertz CT molecular complexity index is 329. The zero-order valence-corrected chi connectivity index (χ0v) is 11.1. The molecule has 1 aromatic rings. The molecule has 0 unspecified atom stereocenters. The largest absolute Gasteiger partial charge is 0.330 e. The predicted octanol–water partition coefficient (Wildman–Crippen LogP) is 2.82. The highest BCUT2D eigenvalue weighted by Gasteiger charge is 2.03. The lowest BCUT2D eigenvalue weighted by molar-refractivity contribution is 0.335. The highest BCUT2D eigenvalue weighted by Crippen LogP contribution is 2.21. The summed E-state index contributed by atoms with van der Waals surface area (Å²) in [6.07, 6.45) is 1.97. The van der Waals surface area contributed by atoms with Crippen molar-refractivity contribution in [2.24, 2.45) is 5.73 Å². The topological polar surface area (TPSA) is 29.3 Å². The summed E-state index contributed by atoms with van der Waals surface area (Å²) in [6.45, 7) is 2.76. The molecule has 1 rings (SSSR count). The molecular formula is C12H18Cl2N2. The average molecular weight is 261 g/mol. The second kappa shape index (κ2) is 7.13. The van der Waals surface area contributed by atoms with Crippen LogP contribution in [0, 0.1) is 0 Å². The molecule has 0 atom stereocenters. The van der Waals surface area contributed by atoms with E-state index in [0.29, 0.717) is 5.02 Å². The van der Waals surface area contributed by atoms with Crippen LogP contribution in [0.2, 0.25) is 10.0 Å². The molecule has 16 heavy (non-hydrogen) atoms. The second-order valence-corrected chi connectivity index (χ2v) is 4.77. The van der Waals surface area contributed by atoms with Crippen molar-refractivity contribution < 1.29 is 0 Å². The SMILES string of the molecule is CN(CCCN)CCc1ccc(Cl)cc1Cl. The van der Waals surface area contributed by atoms with Gasteiger partial charge in [-0.25, -0.2) is 0 Å². The van der Waals surface area contributed by atoms with E-state index < -0.39 is 0 Å². The molecule has 0 amide bonds. The van der Waals surface area contributed by atoms with Gasteiger partial charge in [0.15, 0.2) is 0 Å². The molecule has 2 N–H and O–H groups in total. The minimum Gasteiger partial charge on any atom is -0.330 e. The zero-order chi connectivity index (χ0) is 12.0. The molecular weight excluding hydrogens is 243 g/mol. The van der Waals surface area contributed by atoms with Crippen molar-refractivity contribution in [3.63, 3.8) is 0 Å². The van der Waals surface area contributed by atoms with Crippen LogP contribution in [0.1, 0.15) is 12.0 Å². The molecule has 0 aliphatic heterocycles. The van der Waals surface area contributed by atoms with Crippen LogP contribution in [0.15, 0.2) is 18.2 Å². The van der Waals surface area contributed by atoms with Crippen LogP contribution in [-0.4, -0.2) is 31.6 Å². The predicted molar refractivity (Wildman–Crippen MR) is 71.3 cm³/mol. The molecule has 0 aromatic heterocycles. The first-order valence-corrected chi connectivity index (χ1v) is 6.21. The van der Waals surface area contributed by atoms with Crippen LogP contribution >= 0.6 is 23.2 Å². The number of halogens is 2. The Hall–Kier alpha value is -0.280. The van der Waals surface area contributed by atoms with Crippen LogP contribution < -0.4 is 5.73 Å². The first kappa shape index (κ1) is 13.8. The number of hydrogen-bond donors (Lipinski definition) is 1. The van der Waals surface area contributed by atoms with Gasteiger partial charge in [0.1, 0.15) is 0 Å². The maximum absolute atomic E-state index is 6.09. The molecule has 0 spiro atoms. The van der Waals surface area contributed by atoms with Crippen molar-refractivity contribution >= 4 is 23.2 Å². The van der Waals surface area contributed by atoms with Crippen LogP contribution in [-0.2, 0) is 6.42 Å². The summed E-state index contributed by atoms with van der Waals surface area (Å²) < 4.78 is 0. The van der Waals surface area contributed by atoms with E-state index in [4.69, 9.17) is 28.9 Å². The van der Waals surface area contributed by atoms with Gasteiger partial charge in [0.2, 0.25) is 0 Å². The van der Waals surface area contributed by atoms with Crippen molar-refractivity contribution in [1.82, 2.24) is 4.90 Å². The Morgan fingerprint density at radius 2 is 2.00 bits per heavy atom.